The Morgan fingerprint density at radius 2 is 2.17 bits per heavy atom. The van der Waals surface area contributed by atoms with Gasteiger partial charge in [0.25, 0.3) is 5.91 Å². The van der Waals surface area contributed by atoms with Crippen LogP contribution in [0.1, 0.15) is 15.9 Å². The Morgan fingerprint density at radius 1 is 1.44 bits per heavy atom. The molecule has 18 heavy (non-hydrogen) atoms. The first-order chi connectivity index (χ1) is 8.50. The highest BCUT2D eigenvalue weighted by atomic mass is 16.3. The predicted octanol–water partition coefficient (Wildman–Crippen LogP) is 0.105. The fourth-order valence-corrected chi connectivity index (χ4v) is 2.19. The third-order valence-corrected chi connectivity index (χ3v) is 3.41. The number of hydrogen-bond donors (Lipinski definition) is 3. The summed E-state index contributed by atoms with van der Waals surface area (Å²) in [6, 6.07) is 4.56. The van der Waals surface area contributed by atoms with E-state index in [0.29, 0.717) is 24.2 Å². The van der Waals surface area contributed by atoms with Crippen LogP contribution in [0.5, 0.6) is 5.75 Å². The van der Waals surface area contributed by atoms with Crippen LogP contribution in [0, 0.1) is 6.92 Å². The molecule has 2 atom stereocenters. The van der Waals surface area contributed by atoms with Gasteiger partial charge in [0.05, 0.1) is 12.1 Å². The summed E-state index contributed by atoms with van der Waals surface area (Å²) in [7, 11) is 1.69. The number of rotatable bonds is 2. The number of phenols is 1. The van der Waals surface area contributed by atoms with Gasteiger partial charge in [-0.1, -0.05) is 0 Å². The summed E-state index contributed by atoms with van der Waals surface area (Å²) in [5.74, 6) is 0.0302. The summed E-state index contributed by atoms with van der Waals surface area (Å²) in [5, 5.41) is 22.2. The zero-order chi connectivity index (χ0) is 13.3. The van der Waals surface area contributed by atoms with Gasteiger partial charge < -0.3 is 20.4 Å². The summed E-state index contributed by atoms with van der Waals surface area (Å²) in [6.07, 6.45) is -0.530. The number of phenolic OH excluding ortho intramolecular Hbond substituents is 1. The van der Waals surface area contributed by atoms with Crippen LogP contribution in [-0.2, 0) is 0 Å². The molecular formula is C13H18N2O3. The minimum atomic E-state index is -0.530. The molecule has 1 aromatic rings. The molecule has 2 rings (SSSR count). The van der Waals surface area contributed by atoms with Crippen molar-refractivity contribution >= 4 is 5.91 Å². The van der Waals surface area contributed by atoms with Gasteiger partial charge in [-0.05, 0) is 30.7 Å². The van der Waals surface area contributed by atoms with Gasteiger partial charge in [0.2, 0.25) is 0 Å². The van der Waals surface area contributed by atoms with E-state index < -0.39 is 6.10 Å². The number of nitrogens with one attached hydrogen (secondary N) is 1. The second-order valence-electron chi connectivity index (χ2n) is 4.71. The molecule has 1 saturated heterocycles. The van der Waals surface area contributed by atoms with Gasteiger partial charge in [0.15, 0.2) is 0 Å². The number of carbonyl (C=O) groups is 1. The highest BCUT2D eigenvalue weighted by Gasteiger charge is 2.31. The standard InChI is InChI=1S/C13H18N2O3/c1-8-5-9(3-4-11(8)16)13(18)15(2)10-6-14-7-12(10)17/h3-5,10,12,14,16-17H,6-7H2,1-2H3/t10-,12-/m1/s1. The zero-order valence-electron chi connectivity index (χ0n) is 10.6. The average molecular weight is 250 g/mol. The lowest BCUT2D eigenvalue weighted by molar-refractivity contribution is 0.0581. The molecule has 0 aliphatic carbocycles. The maximum atomic E-state index is 12.2. The number of β-amino-alcohol motifs (C(OH)–C–C–N with tert-alkyl or cyclic N) is 1. The summed E-state index contributed by atoms with van der Waals surface area (Å²) >= 11 is 0. The van der Waals surface area contributed by atoms with Crippen LogP contribution in [0.3, 0.4) is 0 Å². The van der Waals surface area contributed by atoms with Gasteiger partial charge in [-0.2, -0.15) is 0 Å². The van der Waals surface area contributed by atoms with Crippen molar-refractivity contribution in [3.63, 3.8) is 0 Å². The number of aryl methyl sites for hydroxylation is 1. The summed E-state index contributed by atoms with van der Waals surface area (Å²) in [6.45, 7) is 2.86. The summed E-state index contributed by atoms with van der Waals surface area (Å²) in [4.78, 5) is 13.8. The lowest BCUT2D eigenvalue weighted by atomic mass is 10.1. The van der Waals surface area contributed by atoms with Gasteiger partial charge in [0.1, 0.15) is 5.75 Å². The molecule has 1 amide bonds. The molecule has 1 aliphatic heterocycles. The molecule has 3 N–H and O–H groups in total. The summed E-state index contributed by atoms with van der Waals surface area (Å²) in [5.41, 5.74) is 1.19. The number of amides is 1. The Labute approximate surface area is 106 Å². The smallest absolute Gasteiger partial charge is 0.253 e. The van der Waals surface area contributed by atoms with Crippen LogP contribution < -0.4 is 5.32 Å². The van der Waals surface area contributed by atoms with Crippen LogP contribution in [-0.4, -0.2) is 53.3 Å². The molecule has 0 saturated carbocycles. The molecule has 5 heteroatoms. The van der Waals surface area contributed by atoms with Crippen LogP contribution >= 0.6 is 0 Å². The van der Waals surface area contributed by atoms with E-state index in [1.807, 2.05) is 0 Å². The molecule has 0 spiro atoms. The number of aromatic hydroxyl groups is 1. The van der Waals surface area contributed by atoms with E-state index in [9.17, 15) is 15.0 Å². The van der Waals surface area contributed by atoms with E-state index in [4.69, 9.17) is 0 Å². The first-order valence-electron chi connectivity index (χ1n) is 5.96. The van der Waals surface area contributed by atoms with Crippen LogP contribution in [0.15, 0.2) is 18.2 Å². The fourth-order valence-electron chi connectivity index (χ4n) is 2.19. The van der Waals surface area contributed by atoms with E-state index in [0.717, 1.165) is 0 Å². The van der Waals surface area contributed by atoms with Gasteiger partial charge in [-0.15, -0.1) is 0 Å². The number of aliphatic hydroxyl groups excluding tert-OH is 1. The molecule has 5 nitrogen and oxygen atoms in total. The number of aliphatic hydroxyl groups is 1. The van der Waals surface area contributed by atoms with Crippen molar-refractivity contribution < 1.29 is 15.0 Å². The third kappa shape index (κ3) is 2.32. The Balaban J connectivity index is 2.17. The fraction of sp³-hybridized carbons (Fsp3) is 0.462. The Morgan fingerprint density at radius 3 is 2.72 bits per heavy atom. The first kappa shape index (κ1) is 12.9. The monoisotopic (exact) mass is 250 g/mol. The molecular weight excluding hydrogens is 232 g/mol. The maximum Gasteiger partial charge on any atom is 0.253 e. The van der Waals surface area contributed by atoms with Crippen molar-refractivity contribution in [2.75, 3.05) is 20.1 Å². The van der Waals surface area contributed by atoms with Crippen molar-refractivity contribution in [2.24, 2.45) is 0 Å². The third-order valence-electron chi connectivity index (χ3n) is 3.41. The highest BCUT2D eigenvalue weighted by Crippen LogP contribution is 2.19. The number of nitrogens with zero attached hydrogens (tertiary/aromatic N) is 1. The molecule has 1 heterocycles. The summed E-state index contributed by atoms with van der Waals surface area (Å²) < 4.78 is 0. The van der Waals surface area contributed by atoms with Crippen LogP contribution in [0.4, 0.5) is 0 Å². The van der Waals surface area contributed by atoms with Crippen molar-refractivity contribution in [3.05, 3.63) is 29.3 Å². The normalized spacial score (nSPS) is 23.1. The SMILES string of the molecule is Cc1cc(C(=O)N(C)[C@@H]2CNC[C@H]2O)ccc1O. The van der Waals surface area contributed by atoms with Crippen molar-refractivity contribution in [1.82, 2.24) is 10.2 Å². The van der Waals surface area contributed by atoms with E-state index in [1.54, 1.807) is 31.0 Å². The van der Waals surface area contributed by atoms with E-state index in [-0.39, 0.29) is 17.7 Å². The lowest BCUT2D eigenvalue weighted by Crippen LogP contribution is -2.44. The Hall–Kier alpha value is -1.59. The highest BCUT2D eigenvalue weighted by molar-refractivity contribution is 5.94. The minimum Gasteiger partial charge on any atom is -0.508 e. The van der Waals surface area contributed by atoms with E-state index in [2.05, 4.69) is 5.32 Å². The molecule has 98 valence electrons. The quantitative estimate of drug-likeness (QED) is 0.696. The van der Waals surface area contributed by atoms with Crippen LogP contribution in [0.25, 0.3) is 0 Å². The molecule has 0 unspecified atom stereocenters. The zero-order valence-corrected chi connectivity index (χ0v) is 10.6. The number of carbonyl (C=O) groups excluding carboxylic acids is 1. The minimum absolute atomic E-state index is 0.147. The average Bonchev–Trinajstić information content (AvgIpc) is 2.77. The number of hydrogen-bond acceptors (Lipinski definition) is 4. The predicted molar refractivity (Wildman–Crippen MR) is 67.6 cm³/mol. The molecule has 0 bridgehead atoms. The topological polar surface area (TPSA) is 72.8 Å². The number of likely N-dealkylation sites (N-methyl/N-ethyl adjacent to an activating group) is 1. The van der Waals surface area contributed by atoms with Crippen molar-refractivity contribution in [1.29, 1.82) is 0 Å². The second kappa shape index (κ2) is 4.96. The Bertz CT molecular complexity index is 462. The van der Waals surface area contributed by atoms with Crippen LogP contribution in [0.2, 0.25) is 0 Å². The molecule has 1 aromatic carbocycles. The molecule has 0 radical (unpaired) electrons. The molecule has 1 fully saturated rings. The van der Waals surface area contributed by atoms with E-state index >= 15 is 0 Å². The largest absolute Gasteiger partial charge is 0.508 e. The molecule has 0 aromatic heterocycles. The van der Waals surface area contributed by atoms with Gasteiger partial charge >= 0.3 is 0 Å². The van der Waals surface area contributed by atoms with Crippen molar-refractivity contribution in [2.45, 2.75) is 19.1 Å². The number of benzene rings is 1. The molecule has 1 aliphatic rings. The van der Waals surface area contributed by atoms with Gasteiger partial charge in [-0.25, -0.2) is 0 Å². The lowest BCUT2D eigenvalue weighted by Gasteiger charge is -2.26. The first-order valence-corrected chi connectivity index (χ1v) is 5.96. The van der Waals surface area contributed by atoms with Gasteiger partial charge in [-0.3, -0.25) is 4.79 Å². The second-order valence-corrected chi connectivity index (χ2v) is 4.71. The van der Waals surface area contributed by atoms with Gasteiger partial charge in [0, 0.05) is 25.7 Å². The maximum absolute atomic E-state index is 12.2. The Kier molecular flexibility index (Phi) is 3.54. The van der Waals surface area contributed by atoms with Crippen molar-refractivity contribution in [3.8, 4) is 5.75 Å². The van der Waals surface area contributed by atoms with E-state index in [1.165, 1.54) is 6.07 Å².